The summed E-state index contributed by atoms with van der Waals surface area (Å²) >= 11 is 0. The van der Waals surface area contributed by atoms with E-state index < -0.39 is 0 Å². The Kier molecular flexibility index (Phi) is 2.32. The second-order valence-corrected chi connectivity index (χ2v) is 2.41. The Labute approximate surface area is 61.4 Å². The first-order valence-electron chi connectivity index (χ1n) is 3.53. The van der Waals surface area contributed by atoms with E-state index in [1.54, 1.807) is 6.08 Å². The molecule has 0 saturated heterocycles. The lowest BCUT2D eigenvalue weighted by Gasteiger charge is -2.07. The van der Waals surface area contributed by atoms with Gasteiger partial charge in [0, 0.05) is 6.42 Å². The van der Waals surface area contributed by atoms with E-state index in [9.17, 15) is 5.11 Å². The fraction of sp³-hybridized carbons (Fsp3) is 0.333. The zero-order chi connectivity index (χ0) is 7.40. The van der Waals surface area contributed by atoms with Gasteiger partial charge in [-0.15, -0.1) is 6.58 Å². The maximum absolute atomic E-state index is 9.28. The van der Waals surface area contributed by atoms with Crippen molar-refractivity contribution in [2.45, 2.75) is 19.3 Å². The summed E-state index contributed by atoms with van der Waals surface area (Å²) in [6.45, 7) is 3.61. The first kappa shape index (κ1) is 7.13. The summed E-state index contributed by atoms with van der Waals surface area (Å²) in [7, 11) is 0. The van der Waals surface area contributed by atoms with E-state index in [2.05, 4.69) is 12.7 Å². The van der Waals surface area contributed by atoms with Crippen molar-refractivity contribution in [1.82, 2.24) is 0 Å². The highest BCUT2D eigenvalue weighted by atomic mass is 16.3. The van der Waals surface area contributed by atoms with Crippen LogP contribution < -0.4 is 0 Å². The van der Waals surface area contributed by atoms with Crippen LogP contribution in [0.4, 0.5) is 0 Å². The lowest BCUT2D eigenvalue weighted by Crippen LogP contribution is -1.92. The van der Waals surface area contributed by atoms with Crippen molar-refractivity contribution < 1.29 is 5.11 Å². The Morgan fingerprint density at radius 3 is 3.10 bits per heavy atom. The minimum absolute atomic E-state index is 0.530. The van der Waals surface area contributed by atoms with Gasteiger partial charge in [-0.1, -0.05) is 18.2 Å². The average Bonchev–Trinajstić information content (AvgIpc) is 1.94. The number of hydrogen-bond donors (Lipinski definition) is 1. The predicted octanol–water partition coefficient (Wildman–Crippen LogP) is 2.72. The first-order chi connectivity index (χ1) is 4.84. The molecule has 0 heterocycles. The molecule has 0 radical (unpaired) electrons. The van der Waals surface area contributed by atoms with Gasteiger partial charge in [-0.3, -0.25) is 0 Å². The number of aliphatic hydroxyl groups excluding tert-OH is 1. The molecule has 0 aromatic rings. The summed E-state index contributed by atoms with van der Waals surface area (Å²) < 4.78 is 0. The van der Waals surface area contributed by atoms with E-state index >= 15 is 0 Å². The Balaban J connectivity index is 2.69. The van der Waals surface area contributed by atoms with Crippen molar-refractivity contribution in [3.8, 4) is 0 Å². The molecule has 0 aromatic heterocycles. The maximum Gasteiger partial charge on any atom is 0.0960 e. The molecule has 0 atom stereocenters. The van der Waals surface area contributed by atoms with Crippen LogP contribution in [0.5, 0.6) is 0 Å². The Bertz CT molecular complexity index is 187. The molecule has 1 aliphatic rings. The minimum Gasteiger partial charge on any atom is -0.512 e. The molecule has 0 unspecified atom stereocenters. The minimum atomic E-state index is 0.530. The first-order valence-corrected chi connectivity index (χ1v) is 3.53. The summed E-state index contributed by atoms with van der Waals surface area (Å²) in [6, 6.07) is 0. The lowest BCUT2D eigenvalue weighted by atomic mass is 10.0. The van der Waals surface area contributed by atoms with Gasteiger partial charge in [0.15, 0.2) is 0 Å². The van der Waals surface area contributed by atoms with Crippen LogP contribution >= 0.6 is 0 Å². The van der Waals surface area contributed by atoms with E-state index in [1.807, 2.05) is 6.08 Å². The smallest absolute Gasteiger partial charge is 0.0960 e. The quantitative estimate of drug-likeness (QED) is 0.579. The third-order valence-electron chi connectivity index (χ3n) is 1.60. The molecule has 0 aromatic carbocycles. The molecule has 1 nitrogen and oxygen atoms in total. The Morgan fingerprint density at radius 2 is 2.50 bits per heavy atom. The van der Waals surface area contributed by atoms with Crippen molar-refractivity contribution in [1.29, 1.82) is 0 Å². The molecule has 0 bridgehead atoms. The molecule has 54 valence electrons. The Hall–Kier alpha value is -0.980. The number of rotatable bonds is 2. The third-order valence-corrected chi connectivity index (χ3v) is 1.60. The standard InChI is InChI=1S/C9H12O/c1-2-5-8-6-3-4-7-9(8)10/h2-3,6,10H,1,4-5,7H2. The van der Waals surface area contributed by atoms with Crippen molar-refractivity contribution in [3.63, 3.8) is 0 Å². The van der Waals surface area contributed by atoms with Crippen molar-refractivity contribution in [2.24, 2.45) is 0 Å². The van der Waals surface area contributed by atoms with Gasteiger partial charge in [0.2, 0.25) is 0 Å². The van der Waals surface area contributed by atoms with Crippen LogP contribution in [0.25, 0.3) is 0 Å². The normalized spacial score (nSPS) is 17.6. The summed E-state index contributed by atoms with van der Waals surface area (Å²) in [6.07, 6.45) is 8.40. The lowest BCUT2D eigenvalue weighted by molar-refractivity contribution is 0.380. The van der Waals surface area contributed by atoms with Crippen LogP contribution in [0.3, 0.4) is 0 Å². The van der Waals surface area contributed by atoms with Crippen LogP contribution in [0.15, 0.2) is 36.1 Å². The second-order valence-electron chi connectivity index (χ2n) is 2.41. The zero-order valence-corrected chi connectivity index (χ0v) is 6.01. The molecule has 10 heavy (non-hydrogen) atoms. The molecule has 0 saturated carbocycles. The molecular formula is C9H12O. The summed E-state index contributed by atoms with van der Waals surface area (Å²) in [5, 5.41) is 9.28. The summed E-state index contributed by atoms with van der Waals surface area (Å²) in [5.74, 6) is 0.530. The van der Waals surface area contributed by atoms with Crippen LogP contribution in [-0.2, 0) is 0 Å². The summed E-state index contributed by atoms with van der Waals surface area (Å²) in [4.78, 5) is 0. The van der Waals surface area contributed by atoms with Crippen molar-refractivity contribution in [2.75, 3.05) is 0 Å². The fourth-order valence-corrected chi connectivity index (χ4v) is 1.04. The van der Waals surface area contributed by atoms with Gasteiger partial charge in [0.05, 0.1) is 5.76 Å². The van der Waals surface area contributed by atoms with Gasteiger partial charge in [-0.25, -0.2) is 0 Å². The van der Waals surface area contributed by atoms with E-state index in [1.165, 1.54) is 0 Å². The molecule has 0 spiro atoms. The molecule has 0 amide bonds. The second kappa shape index (κ2) is 3.25. The molecule has 1 aliphatic carbocycles. The topological polar surface area (TPSA) is 20.2 Å². The maximum atomic E-state index is 9.28. The molecule has 0 fully saturated rings. The van der Waals surface area contributed by atoms with E-state index in [0.717, 1.165) is 24.8 Å². The zero-order valence-electron chi connectivity index (χ0n) is 6.01. The van der Waals surface area contributed by atoms with Gasteiger partial charge < -0.3 is 5.11 Å². The largest absolute Gasteiger partial charge is 0.512 e. The average molecular weight is 136 g/mol. The third kappa shape index (κ3) is 1.50. The van der Waals surface area contributed by atoms with Crippen molar-refractivity contribution >= 4 is 0 Å². The van der Waals surface area contributed by atoms with Crippen LogP contribution in [-0.4, -0.2) is 5.11 Å². The van der Waals surface area contributed by atoms with Gasteiger partial charge in [-0.2, -0.15) is 0 Å². The highest BCUT2D eigenvalue weighted by Gasteiger charge is 2.03. The van der Waals surface area contributed by atoms with Crippen LogP contribution in [0.2, 0.25) is 0 Å². The number of hydrogen-bond acceptors (Lipinski definition) is 1. The van der Waals surface area contributed by atoms with E-state index in [-0.39, 0.29) is 0 Å². The van der Waals surface area contributed by atoms with Crippen LogP contribution in [0, 0.1) is 0 Å². The molecular weight excluding hydrogens is 124 g/mol. The SMILES string of the molecule is C=CCC1=C(O)CCC=C1. The Morgan fingerprint density at radius 1 is 1.70 bits per heavy atom. The highest BCUT2D eigenvalue weighted by Crippen LogP contribution is 2.18. The van der Waals surface area contributed by atoms with Crippen molar-refractivity contribution in [3.05, 3.63) is 36.1 Å². The molecule has 1 rings (SSSR count). The number of aliphatic hydroxyl groups is 1. The molecule has 1 N–H and O–H groups in total. The summed E-state index contributed by atoms with van der Waals surface area (Å²) in [5.41, 5.74) is 1.02. The van der Waals surface area contributed by atoms with Gasteiger partial charge in [-0.05, 0) is 18.4 Å². The van der Waals surface area contributed by atoms with Gasteiger partial charge in [0.25, 0.3) is 0 Å². The van der Waals surface area contributed by atoms with Crippen LogP contribution in [0.1, 0.15) is 19.3 Å². The van der Waals surface area contributed by atoms with E-state index in [4.69, 9.17) is 0 Å². The number of allylic oxidation sites excluding steroid dienone is 5. The van der Waals surface area contributed by atoms with E-state index in [0.29, 0.717) is 5.76 Å². The molecule has 0 aliphatic heterocycles. The van der Waals surface area contributed by atoms with Gasteiger partial charge in [0.1, 0.15) is 0 Å². The fourth-order valence-electron chi connectivity index (χ4n) is 1.04. The predicted molar refractivity (Wildman–Crippen MR) is 42.8 cm³/mol. The van der Waals surface area contributed by atoms with Gasteiger partial charge >= 0.3 is 0 Å². The monoisotopic (exact) mass is 136 g/mol. The highest BCUT2D eigenvalue weighted by molar-refractivity contribution is 5.27. The molecule has 1 heteroatoms.